The normalized spacial score (nSPS) is 9.89. The van der Waals surface area contributed by atoms with E-state index in [9.17, 15) is 4.79 Å². The summed E-state index contributed by atoms with van der Waals surface area (Å²) < 4.78 is 0. The van der Waals surface area contributed by atoms with Crippen molar-refractivity contribution in [2.45, 2.75) is 19.8 Å². The molecular weight excluding hydrogens is 112 g/mol. The molecular formula is C8H12O. The highest BCUT2D eigenvalue weighted by Gasteiger charge is 1.90. The van der Waals surface area contributed by atoms with Crippen LogP contribution >= 0.6 is 0 Å². The van der Waals surface area contributed by atoms with Crippen molar-refractivity contribution in [2.24, 2.45) is 0 Å². The van der Waals surface area contributed by atoms with E-state index in [0.29, 0.717) is 6.42 Å². The minimum absolute atomic E-state index is 0.178. The first-order chi connectivity index (χ1) is 4.31. The van der Waals surface area contributed by atoms with Gasteiger partial charge in [0.25, 0.3) is 0 Å². The summed E-state index contributed by atoms with van der Waals surface area (Å²) in [5.41, 5.74) is 0. The predicted octanol–water partition coefficient (Wildman–Crippen LogP) is 2.10. The van der Waals surface area contributed by atoms with Crippen molar-refractivity contribution < 1.29 is 4.79 Å². The van der Waals surface area contributed by atoms with Crippen LogP contribution < -0.4 is 0 Å². The maximum absolute atomic E-state index is 10.7. The Kier molecular flexibility index (Phi) is 4.79. The van der Waals surface area contributed by atoms with E-state index in [4.69, 9.17) is 0 Å². The van der Waals surface area contributed by atoms with E-state index >= 15 is 0 Å². The van der Waals surface area contributed by atoms with Crippen LogP contribution in [-0.2, 0) is 4.79 Å². The standard InChI is InChI=1S/C8H12O/c1-3-5-7-8(9)6-4-2/h3-4,6H,1,5,7H2,2H3. The minimum atomic E-state index is 0.178. The molecule has 1 nitrogen and oxygen atoms in total. The third kappa shape index (κ3) is 5.01. The molecule has 0 saturated carbocycles. The first-order valence-corrected chi connectivity index (χ1v) is 3.07. The van der Waals surface area contributed by atoms with Crippen molar-refractivity contribution in [3.8, 4) is 0 Å². The van der Waals surface area contributed by atoms with Gasteiger partial charge in [-0.1, -0.05) is 12.2 Å². The lowest BCUT2D eigenvalue weighted by Gasteiger charge is -1.86. The zero-order valence-electron chi connectivity index (χ0n) is 5.76. The SMILES string of the molecule is C=CCCC(=O)C=CC. The van der Waals surface area contributed by atoms with Gasteiger partial charge in [0.05, 0.1) is 0 Å². The van der Waals surface area contributed by atoms with Crippen LogP contribution in [0.3, 0.4) is 0 Å². The number of carbonyl (C=O) groups excluding carboxylic acids is 1. The Morgan fingerprint density at radius 1 is 1.67 bits per heavy atom. The number of hydrogen-bond acceptors (Lipinski definition) is 1. The molecule has 0 aromatic carbocycles. The van der Waals surface area contributed by atoms with Crippen molar-refractivity contribution in [1.29, 1.82) is 0 Å². The maximum Gasteiger partial charge on any atom is 0.155 e. The van der Waals surface area contributed by atoms with Gasteiger partial charge in [-0.2, -0.15) is 0 Å². The van der Waals surface area contributed by atoms with Gasteiger partial charge < -0.3 is 0 Å². The summed E-state index contributed by atoms with van der Waals surface area (Å²) in [5, 5.41) is 0. The molecule has 0 aromatic heterocycles. The number of hydrogen-bond donors (Lipinski definition) is 0. The Hall–Kier alpha value is -0.850. The van der Waals surface area contributed by atoms with E-state index in [1.54, 1.807) is 18.2 Å². The minimum Gasteiger partial charge on any atom is -0.295 e. The molecule has 50 valence electrons. The van der Waals surface area contributed by atoms with Gasteiger partial charge >= 0.3 is 0 Å². The summed E-state index contributed by atoms with van der Waals surface area (Å²) in [7, 11) is 0. The van der Waals surface area contributed by atoms with Crippen molar-refractivity contribution in [1.82, 2.24) is 0 Å². The lowest BCUT2D eigenvalue weighted by atomic mass is 10.2. The molecule has 0 saturated heterocycles. The molecule has 0 aliphatic rings. The quantitative estimate of drug-likeness (QED) is 0.414. The fraction of sp³-hybridized carbons (Fsp3) is 0.375. The Morgan fingerprint density at radius 3 is 2.78 bits per heavy atom. The summed E-state index contributed by atoms with van der Waals surface area (Å²) in [5.74, 6) is 0.178. The summed E-state index contributed by atoms with van der Waals surface area (Å²) in [6.07, 6.45) is 6.47. The molecule has 0 bridgehead atoms. The van der Waals surface area contributed by atoms with E-state index in [1.165, 1.54) is 0 Å². The van der Waals surface area contributed by atoms with Gasteiger partial charge in [0.2, 0.25) is 0 Å². The molecule has 0 atom stereocenters. The number of carbonyl (C=O) groups is 1. The second-order valence-corrected chi connectivity index (χ2v) is 1.79. The maximum atomic E-state index is 10.7. The van der Waals surface area contributed by atoms with Crippen LogP contribution in [0, 0.1) is 0 Å². The van der Waals surface area contributed by atoms with Gasteiger partial charge in [-0.05, 0) is 19.4 Å². The van der Waals surface area contributed by atoms with Gasteiger partial charge in [0, 0.05) is 6.42 Å². The third-order valence-electron chi connectivity index (χ3n) is 0.947. The van der Waals surface area contributed by atoms with Gasteiger partial charge in [-0.25, -0.2) is 0 Å². The molecule has 0 aliphatic carbocycles. The predicted molar refractivity (Wildman–Crippen MR) is 39.3 cm³/mol. The highest BCUT2D eigenvalue weighted by atomic mass is 16.1. The van der Waals surface area contributed by atoms with Crippen molar-refractivity contribution in [2.75, 3.05) is 0 Å². The molecule has 0 N–H and O–H groups in total. The average Bonchev–Trinajstić information content (AvgIpc) is 1.85. The van der Waals surface area contributed by atoms with Gasteiger partial charge in [0.15, 0.2) is 5.78 Å². The van der Waals surface area contributed by atoms with Gasteiger partial charge in [0.1, 0.15) is 0 Å². The highest BCUT2D eigenvalue weighted by molar-refractivity contribution is 5.89. The van der Waals surface area contributed by atoms with E-state index in [2.05, 4.69) is 6.58 Å². The Labute approximate surface area is 56.1 Å². The Balaban J connectivity index is 3.38. The fourth-order valence-corrected chi connectivity index (χ4v) is 0.514. The molecule has 9 heavy (non-hydrogen) atoms. The molecule has 0 spiro atoms. The van der Waals surface area contributed by atoms with Crippen LogP contribution in [0.4, 0.5) is 0 Å². The zero-order chi connectivity index (χ0) is 7.11. The van der Waals surface area contributed by atoms with Crippen LogP contribution in [0.25, 0.3) is 0 Å². The summed E-state index contributed by atoms with van der Waals surface area (Å²) >= 11 is 0. The summed E-state index contributed by atoms with van der Waals surface area (Å²) in [6, 6.07) is 0. The topological polar surface area (TPSA) is 17.1 Å². The molecule has 0 aliphatic heterocycles. The van der Waals surface area contributed by atoms with E-state index in [1.807, 2.05) is 6.92 Å². The lowest BCUT2D eigenvalue weighted by Crippen LogP contribution is -1.89. The molecule has 1 heteroatoms. The van der Waals surface area contributed by atoms with Crippen molar-refractivity contribution in [3.05, 3.63) is 24.8 Å². The van der Waals surface area contributed by atoms with Crippen LogP contribution in [0.1, 0.15) is 19.8 Å². The van der Waals surface area contributed by atoms with Crippen molar-refractivity contribution in [3.63, 3.8) is 0 Å². The first kappa shape index (κ1) is 8.15. The molecule has 0 heterocycles. The Bertz CT molecular complexity index is 123. The zero-order valence-corrected chi connectivity index (χ0v) is 5.76. The lowest BCUT2D eigenvalue weighted by molar-refractivity contribution is -0.114. The number of ketones is 1. The smallest absolute Gasteiger partial charge is 0.155 e. The van der Waals surface area contributed by atoms with E-state index in [-0.39, 0.29) is 5.78 Å². The molecule has 0 rings (SSSR count). The van der Waals surface area contributed by atoms with Crippen LogP contribution in [0.2, 0.25) is 0 Å². The average molecular weight is 124 g/mol. The summed E-state index contributed by atoms with van der Waals surface area (Å²) in [6.45, 7) is 5.36. The fourth-order valence-electron chi connectivity index (χ4n) is 0.514. The van der Waals surface area contributed by atoms with E-state index in [0.717, 1.165) is 6.42 Å². The molecule has 0 aromatic rings. The Morgan fingerprint density at radius 2 is 2.33 bits per heavy atom. The van der Waals surface area contributed by atoms with Gasteiger partial charge in [-0.15, -0.1) is 6.58 Å². The number of rotatable bonds is 4. The second-order valence-electron chi connectivity index (χ2n) is 1.79. The molecule has 0 radical (unpaired) electrons. The van der Waals surface area contributed by atoms with Crippen LogP contribution in [0.5, 0.6) is 0 Å². The first-order valence-electron chi connectivity index (χ1n) is 3.07. The summed E-state index contributed by atoms with van der Waals surface area (Å²) in [4.78, 5) is 10.7. The van der Waals surface area contributed by atoms with Gasteiger partial charge in [-0.3, -0.25) is 4.79 Å². The molecule has 0 fully saturated rings. The van der Waals surface area contributed by atoms with E-state index < -0.39 is 0 Å². The van der Waals surface area contributed by atoms with Crippen molar-refractivity contribution >= 4 is 5.78 Å². The van der Waals surface area contributed by atoms with Crippen LogP contribution in [0.15, 0.2) is 24.8 Å². The highest BCUT2D eigenvalue weighted by Crippen LogP contribution is 1.91. The van der Waals surface area contributed by atoms with Crippen LogP contribution in [-0.4, -0.2) is 5.78 Å². The molecule has 0 amide bonds. The largest absolute Gasteiger partial charge is 0.295 e. The third-order valence-corrected chi connectivity index (χ3v) is 0.947. The monoisotopic (exact) mass is 124 g/mol. The number of allylic oxidation sites excluding steroid dienone is 3. The molecule has 0 unspecified atom stereocenters. The second kappa shape index (κ2) is 5.29.